The fourth-order valence-electron chi connectivity index (χ4n) is 2.21. The van der Waals surface area contributed by atoms with Gasteiger partial charge >= 0.3 is 0 Å². The first-order valence-electron chi connectivity index (χ1n) is 7.25. The van der Waals surface area contributed by atoms with Crippen LogP contribution in [-0.2, 0) is 14.3 Å². The van der Waals surface area contributed by atoms with Gasteiger partial charge in [0.1, 0.15) is 6.10 Å². The maximum absolute atomic E-state index is 12.6. The molecule has 0 radical (unpaired) electrons. The molecule has 0 amide bonds. The topological polar surface area (TPSA) is 43.4 Å². The Hall–Kier alpha value is -1.65. The van der Waals surface area contributed by atoms with E-state index in [9.17, 15) is 8.42 Å². The summed E-state index contributed by atoms with van der Waals surface area (Å²) >= 11 is 0. The van der Waals surface area contributed by atoms with E-state index in [0.29, 0.717) is 0 Å². The van der Waals surface area contributed by atoms with E-state index in [1.165, 1.54) is 0 Å². The maximum Gasteiger partial charge on any atom is 0.297 e. The van der Waals surface area contributed by atoms with Crippen LogP contribution in [0.5, 0.6) is 0 Å². The lowest BCUT2D eigenvalue weighted by Gasteiger charge is -2.30. The summed E-state index contributed by atoms with van der Waals surface area (Å²) in [7, 11) is -3.81. The fraction of sp³-hybridized carbons (Fsp3) is 0.333. The van der Waals surface area contributed by atoms with Crippen molar-refractivity contribution in [2.24, 2.45) is 5.41 Å². The molecule has 4 heteroatoms. The molecule has 0 bridgehead atoms. The first-order chi connectivity index (χ1) is 10.2. The van der Waals surface area contributed by atoms with E-state index < -0.39 is 16.2 Å². The van der Waals surface area contributed by atoms with Gasteiger partial charge < -0.3 is 0 Å². The molecule has 0 saturated carbocycles. The van der Waals surface area contributed by atoms with Crippen molar-refractivity contribution in [3.05, 3.63) is 65.7 Å². The van der Waals surface area contributed by atoms with E-state index in [0.717, 1.165) is 11.1 Å². The van der Waals surface area contributed by atoms with E-state index in [1.807, 2.05) is 58.0 Å². The van der Waals surface area contributed by atoms with Gasteiger partial charge in [-0.3, -0.25) is 4.18 Å². The average molecular weight is 318 g/mol. The molecule has 2 rings (SSSR count). The van der Waals surface area contributed by atoms with Crippen LogP contribution < -0.4 is 0 Å². The van der Waals surface area contributed by atoms with Crippen LogP contribution in [0.2, 0.25) is 0 Å². The molecule has 22 heavy (non-hydrogen) atoms. The Morgan fingerprint density at radius 3 is 1.95 bits per heavy atom. The van der Waals surface area contributed by atoms with E-state index >= 15 is 0 Å². The summed E-state index contributed by atoms with van der Waals surface area (Å²) in [6.07, 6.45) is -0.542. The number of hydrogen-bond donors (Lipinski definition) is 0. The van der Waals surface area contributed by atoms with Crippen molar-refractivity contribution in [2.45, 2.75) is 38.7 Å². The highest BCUT2D eigenvalue weighted by Gasteiger charge is 2.32. The summed E-state index contributed by atoms with van der Waals surface area (Å²) < 4.78 is 30.7. The summed E-state index contributed by atoms with van der Waals surface area (Å²) in [4.78, 5) is 0.184. The zero-order valence-corrected chi connectivity index (χ0v) is 14.2. The molecule has 0 N–H and O–H groups in total. The van der Waals surface area contributed by atoms with E-state index in [4.69, 9.17) is 4.18 Å². The maximum atomic E-state index is 12.6. The third-order valence-electron chi connectivity index (χ3n) is 3.42. The van der Waals surface area contributed by atoms with Crippen LogP contribution in [0.4, 0.5) is 0 Å². The van der Waals surface area contributed by atoms with Gasteiger partial charge in [-0.25, -0.2) is 0 Å². The van der Waals surface area contributed by atoms with Gasteiger partial charge in [0.15, 0.2) is 0 Å². The summed E-state index contributed by atoms with van der Waals surface area (Å²) in [5, 5.41) is 0. The molecule has 0 aliphatic heterocycles. The lowest BCUT2D eigenvalue weighted by molar-refractivity contribution is 0.0934. The number of benzene rings is 2. The Balaban J connectivity index is 2.37. The zero-order chi connectivity index (χ0) is 16.4. The van der Waals surface area contributed by atoms with Gasteiger partial charge in [0.2, 0.25) is 0 Å². The van der Waals surface area contributed by atoms with Gasteiger partial charge in [0.25, 0.3) is 10.1 Å². The first kappa shape index (κ1) is 16.7. The molecule has 118 valence electrons. The van der Waals surface area contributed by atoms with Crippen LogP contribution in [0, 0.1) is 12.3 Å². The van der Waals surface area contributed by atoms with Crippen molar-refractivity contribution in [2.75, 3.05) is 0 Å². The molecule has 2 aromatic rings. The summed E-state index contributed by atoms with van der Waals surface area (Å²) in [6.45, 7) is 7.82. The summed E-state index contributed by atoms with van der Waals surface area (Å²) in [6, 6.07) is 16.1. The predicted molar refractivity (Wildman–Crippen MR) is 88.1 cm³/mol. The summed E-state index contributed by atoms with van der Waals surface area (Å²) in [5.41, 5.74) is 1.51. The lowest BCUT2D eigenvalue weighted by atomic mass is 9.85. The van der Waals surface area contributed by atoms with Crippen LogP contribution in [0.15, 0.2) is 59.5 Å². The Labute approximate surface area is 133 Å². The lowest BCUT2D eigenvalue weighted by Crippen LogP contribution is -2.24. The SMILES string of the molecule is Cc1ccc(S(=O)(=O)OC(c2ccccc2)C(C)(C)C)cc1. The van der Waals surface area contributed by atoms with Gasteiger partial charge in [0.05, 0.1) is 4.90 Å². The molecule has 0 heterocycles. The van der Waals surface area contributed by atoms with Gasteiger partial charge in [-0.2, -0.15) is 8.42 Å². The minimum atomic E-state index is -3.81. The molecule has 0 aliphatic carbocycles. The molecule has 0 spiro atoms. The van der Waals surface area contributed by atoms with Gasteiger partial charge in [-0.1, -0.05) is 68.8 Å². The molecule has 1 unspecified atom stereocenters. The monoisotopic (exact) mass is 318 g/mol. The standard InChI is InChI=1S/C18H22O3S/c1-14-10-12-16(13-11-14)22(19,20)21-17(18(2,3)4)15-8-6-5-7-9-15/h5-13,17H,1-4H3. The summed E-state index contributed by atoms with van der Waals surface area (Å²) in [5.74, 6) is 0. The highest BCUT2D eigenvalue weighted by atomic mass is 32.2. The molecule has 0 saturated heterocycles. The van der Waals surface area contributed by atoms with Crippen molar-refractivity contribution in [1.82, 2.24) is 0 Å². The third-order valence-corrected chi connectivity index (χ3v) is 4.72. The van der Waals surface area contributed by atoms with E-state index in [2.05, 4.69) is 0 Å². The van der Waals surface area contributed by atoms with Crippen LogP contribution in [0.1, 0.15) is 38.0 Å². The normalized spacial score (nSPS) is 13.8. The van der Waals surface area contributed by atoms with Gasteiger partial charge in [-0.15, -0.1) is 0 Å². The molecule has 0 aliphatic rings. The smallest absolute Gasteiger partial charge is 0.258 e. The number of rotatable bonds is 4. The second-order valence-electron chi connectivity index (χ2n) is 6.52. The Bertz CT molecular complexity index is 711. The van der Waals surface area contributed by atoms with Crippen LogP contribution in [0.25, 0.3) is 0 Å². The van der Waals surface area contributed by atoms with Crippen LogP contribution >= 0.6 is 0 Å². The minimum absolute atomic E-state index is 0.184. The zero-order valence-electron chi connectivity index (χ0n) is 13.4. The van der Waals surface area contributed by atoms with E-state index in [1.54, 1.807) is 24.3 Å². The second-order valence-corrected chi connectivity index (χ2v) is 8.09. The third kappa shape index (κ3) is 3.96. The van der Waals surface area contributed by atoms with Crippen LogP contribution in [-0.4, -0.2) is 8.42 Å². The molecule has 0 fully saturated rings. The Kier molecular flexibility index (Phi) is 4.73. The molecular weight excluding hydrogens is 296 g/mol. The minimum Gasteiger partial charge on any atom is -0.258 e. The number of aryl methyl sites for hydroxylation is 1. The van der Waals surface area contributed by atoms with Crippen LogP contribution in [0.3, 0.4) is 0 Å². The van der Waals surface area contributed by atoms with E-state index in [-0.39, 0.29) is 10.3 Å². The molecule has 1 atom stereocenters. The van der Waals surface area contributed by atoms with Crippen molar-refractivity contribution in [3.8, 4) is 0 Å². The van der Waals surface area contributed by atoms with Gasteiger partial charge in [-0.05, 0) is 30.0 Å². The first-order valence-corrected chi connectivity index (χ1v) is 8.66. The van der Waals surface area contributed by atoms with Crippen molar-refractivity contribution in [1.29, 1.82) is 0 Å². The number of hydrogen-bond acceptors (Lipinski definition) is 3. The van der Waals surface area contributed by atoms with Crippen molar-refractivity contribution < 1.29 is 12.6 Å². The second kappa shape index (κ2) is 6.23. The highest BCUT2D eigenvalue weighted by molar-refractivity contribution is 7.86. The highest BCUT2D eigenvalue weighted by Crippen LogP contribution is 2.38. The Morgan fingerprint density at radius 2 is 1.45 bits per heavy atom. The molecule has 0 aromatic heterocycles. The molecule has 3 nitrogen and oxygen atoms in total. The van der Waals surface area contributed by atoms with Crippen molar-refractivity contribution >= 4 is 10.1 Å². The Morgan fingerprint density at radius 1 is 0.909 bits per heavy atom. The fourth-order valence-corrected chi connectivity index (χ4v) is 3.45. The predicted octanol–water partition coefficient (Wildman–Crippen LogP) is 4.49. The van der Waals surface area contributed by atoms with Crippen molar-refractivity contribution in [3.63, 3.8) is 0 Å². The van der Waals surface area contributed by atoms with Gasteiger partial charge in [0, 0.05) is 0 Å². The largest absolute Gasteiger partial charge is 0.297 e. The quantitative estimate of drug-likeness (QED) is 0.780. The molecular formula is C18H22O3S. The average Bonchev–Trinajstić information content (AvgIpc) is 2.45. The molecule has 2 aromatic carbocycles.